The molecular weight excluding hydrogens is 182 g/mol. The highest BCUT2D eigenvalue weighted by atomic mass is 16.4. The van der Waals surface area contributed by atoms with Gasteiger partial charge in [0.15, 0.2) is 5.65 Å². The molecule has 0 saturated carbocycles. The average molecular weight is 191 g/mol. The molecule has 2 aromatic rings. The predicted molar refractivity (Wildman–Crippen MR) is 49.4 cm³/mol. The maximum absolute atomic E-state index is 10.8. The Balaban J connectivity index is 2.82. The summed E-state index contributed by atoms with van der Waals surface area (Å²) < 4.78 is 1.54. The SMILES string of the molecule is Cc1cnn2c(C)c(C(=O)O)cnc12. The van der Waals surface area contributed by atoms with Crippen LogP contribution in [0.15, 0.2) is 12.4 Å². The second-order valence-corrected chi connectivity index (χ2v) is 3.13. The topological polar surface area (TPSA) is 67.5 Å². The van der Waals surface area contributed by atoms with Crippen LogP contribution in [0, 0.1) is 13.8 Å². The van der Waals surface area contributed by atoms with Crippen molar-refractivity contribution in [2.24, 2.45) is 0 Å². The third-order valence-corrected chi connectivity index (χ3v) is 2.17. The number of aryl methyl sites for hydroxylation is 2. The summed E-state index contributed by atoms with van der Waals surface area (Å²) in [4.78, 5) is 14.8. The van der Waals surface area contributed by atoms with Crippen molar-refractivity contribution in [2.45, 2.75) is 13.8 Å². The zero-order chi connectivity index (χ0) is 10.3. The van der Waals surface area contributed by atoms with Crippen LogP contribution in [0.1, 0.15) is 21.6 Å². The van der Waals surface area contributed by atoms with Crippen molar-refractivity contribution in [1.29, 1.82) is 0 Å². The van der Waals surface area contributed by atoms with Crippen molar-refractivity contribution >= 4 is 11.6 Å². The Kier molecular flexibility index (Phi) is 1.73. The number of nitrogens with zero attached hydrogens (tertiary/aromatic N) is 3. The lowest BCUT2D eigenvalue weighted by molar-refractivity contribution is 0.0695. The zero-order valence-corrected chi connectivity index (χ0v) is 7.85. The van der Waals surface area contributed by atoms with Gasteiger partial charge in [-0.05, 0) is 13.8 Å². The zero-order valence-electron chi connectivity index (χ0n) is 7.85. The van der Waals surface area contributed by atoms with E-state index >= 15 is 0 Å². The van der Waals surface area contributed by atoms with E-state index in [-0.39, 0.29) is 5.56 Å². The van der Waals surface area contributed by atoms with Gasteiger partial charge in [-0.3, -0.25) is 0 Å². The lowest BCUT2D eigenvalue weighted by atomic mass is 10.2. The Labute approximate surface area is 80.0 Å². The molecule has 5 heteroatoms. The van der Waals surface area contributed by atoms with Crippen molar-refractivity contribution in [1.82, 2.24) is 14.6 Å². The molecule has 2 heterocycles. The smallest absolute Gasteiger partial charge is 0.339 e. The fourth-order valence-electron chi connectivity index (χ4n) is 1.37. The van der Waals surface area contributed by atoms with Crippen molar-refractivity contribution in [3.05, 3.63) is 29.2 Å². The maximum atomic E-state index is 10.8. The first-order valence-corrected chi connectivity index (χ1v) is 4.14. The highest BCUT2D eigenvalue weighted by Crippen LogP contribution is 2.12. The van der Waals surface area contributed by atoms with Crippen LogP contribution < -0.4 is 0 Å². The third kappa shape index (κ3) is 1.06. The van der Waals surface area contributed by atoms with Crippen molar-refractivity contribution in [3.63, 3.8) is 0 Å². The normalized spacial score (nSPS) is 10.7. The molecule has 0 saturated heterocycles. The van der Waals surface area contributed by atoms with Gasteiger partial charge in [-0.2, -0.15) is 5.10 Å². The third-order valence-electron chi connectivity index (χ3n) is 2.17. The summed E-state index contributed by atoms with van der Waals surface area (Å²) in [5.41, 5.74) is 2.41. The molecule has 0 aromatic carbocycles. The van der Waals surface area contributed by atoms with Crippen LogP contribution in [0.25, 0.3) is 5.65 Å². The van der Waals surface area contributed by atoms with Gasteiger partial charge >= 0.3 is 5.97 Å². The Bertz CT molecular complexity index is 516. The number of hydrogen-bond donors (Lipinski definition) is 1. The number of rotatable bonds is 1. The second-order valence-electron chi connectivity index (χ2n) is 3.13. The Morgan fingerprint density at radius 1 is 1.43 bits per heavy atom. The van der Waals surface area contributed by atoms with Crippen LogP contribution in [0.5, 0.6) is 0 Å². The number of carboxylic acid groups (broad SMARTS) is 1. The lowest BCUT2D eigenvalue weighted by Crippen LogP contribution is -2.06. The summed E-state index contributed by atoms with van der Waals surface area (Å²) in [5.74, 6) is -0.981. The van der Waals surface area contributed by atoms with Crippen LogP contribution in [0.4, 0.5) is 0 Å². The van der Waals surface area contributed by atoms with Gasteiger partial charge in [0.1, 0.15) is 0 Å². The van der Waals surface area contributed by atoms with Gasteiger partial charge < -0.3 is 5.11 Å². The summed E-state index contributed by atoms with van der Waals surface area (Å²) in [5, 5.41) is 12.9. The molecule has 0 fully saturated rings. The number of carboxylic acids is 1. The highest BCUT2D eigenvalue weighted by Gasteiger charge is 2.12. The molecule has 0 bridgehead atoms. The van der Waals surface area contributed by atoms with Crippen molar-refractivity contribution in [2.75, 3.05) is 0 Å². The van der Waals surface area contributed by atoms with Crippen LogP contribution in [0.2, 0.25) is 0 Å². The lowest BCUT2D eigenvalue weighted by Gasteiger charge is -2.02. The van der Waals surface area contributed by atoms with Crippen LogP contribution >= 0.6 is 0 Å². The van der Waals surface area contributed by atoms with Crippen LogP contribution in [-0.2, 0) is 0 Å². The van der Waals surface area contributed by atoms with Crippen molar-refractivity contribution in [3.8, 4) is 0 Å². The number of hydrogen-bond acceptors (Lipinski definition) is 3. The van der Waals surface area contributed by atoms with Gasteiger partial charge in [-0.25, -0.2) is 14.3 Å². The van der Waals surface area contributed by atoms with E-state index in [1.54, 1.807) is 17.6 Å². The van der Waals surface area contributed by atoms with E-state index < -0.39 is 5.97 Å². The first kappa shape index (κ1) is 8.68. The van der Waals surface area contributed by atoms with Gasteiger partial charge in [-0.1, -0.05) is 0 Å². The first-order chi connectivity index (χ1) is 6.61. The van der Waals surface area contributed by atoms with E-state index in [2.05, 4.69) is 10.1 Å². The molecule has 2 aromatic heterocycles. The van der Waals surface area contributed by atoms with Gasteiger partial charge in [0.2, 0.25) is 0 Å². The molecule has 0 unspecified atom stereocenters. The number of carbonyl (C=O) groups is 1. The molecule has 5 nitrogen and oxygen atoms in total. The van der Waals surface area contributed by atoms with Crippen LogP contribution in [0.3, 0.4) is 0 Å². The largest absolute Gasteiger partial charge is 0.478 e. The van der Waals surface area contributed by atoms with Gasteiger partial charge in [0.05, 0.1) is 17.5 Å². The van der Waals surface area contributed by atoms with E-state index in [1.807, 2.05) is 6.92 Å². The molecule has 0 amide bonds. The quantitative estimate of drug-likeness (QED) is 0.731. The Morgan fingerprint density at radius 3 is 2.79 bits per heavy atom. The number of aromatic carboxylic acids is 1. The average Bonchev–Trinajstić information content (AvgIpc) is 2.49. The summed E-state index contributed by atoms with van der Waals surface area (Å²) in [6.07, 6.45) is 3.03. The van der Waals surface area contributed by atoms with Gasteiger partial charge in [-0.15, -0.1) is 0 Å². The molecule has 0 atom stereocenters. The van der Waals surface area contributed by atoms with E-state index in [9.17, 15) is 4.79 Å². The van der Waals surface area contributed by atoms with Gasteiger partial charge in [0.25, 0.3) is 0 Å². The molecule has 0 spiro atoms. The molecular formula is C9H9N3O2. The standard InChI is InChI=1S/C9H9N3O2/c1-5-3-11-12-6(2)7(9(13)14)4-10-8(5)12/h3-4H,1-2H3,(H,13,14). The fourth-order valence-corrected chi connectivity index (χ4v) is 1.37. The van der Waals surface area contributed by atoms with E-state index in [0.29, 0.717) is 11.3 Å². The summed E-state index contributed by atoms with van der Waals surface area (Å²) in [6.45, 7) is 3.60. The van der Waals surface area contributed by atoms with Crippen LogP contribution in [-0.4, -0.2) is 25.7 Å². The molecule has 14 heavy (non-hydrogen) atoms. The molecule has 72 valence electrons. The summed E-state index contributed by atoms with van der Waals surface area (Å²) in [6, 6.07) is 0. The fraction of sp³-hybridized carbons (Fsp3) is 0.222. The minimum Gasteiger partial charge on any atom is -0.478 e. The van der Waals surface area contributed by atoms with Gasteiger partial charge in [0, 0.05) is 11.8 Å². The van der Waals surface area contributed by atoms with Crippen molar-refractivity contribution < 1.29 is 9.90 Å². The minimum atomic E-state index is -0.981. The number of aromatic nitrogens is 3. The molecule has 1 N–H and O–H groups in total. The van der Waals surface area contributed by atoms with E-state index in [0.717, 1.165) is 5.56 Å². The summed E-state index contributed by atoms with van der Waals surface area (Å²) >= 11 is 0. The molecule has 2 rings (SSSR count). The maximum Gasteiger partial charge on any atom is 0.339 e. The van der Waals surface area contributed by atoms with E-state index in [4.69, 9.17) is 5.11 Å². The minimum absolute atomic E-state index is 0.181. The monoisotopic (exact) mass is 191 g/mol. The Hall–Kier alpha value is -1.91. The Morgan fingerprint density at radius 2 is 2.14 bits per heavy atom. The molecule has 0 aliphatic rings. The number of fused-ring (bicyclic) bond motifs is 1. The summed E-state index contributed by atoms with van der Waals surface area (Å²) in [7, 11) is 0. The predicted octanol–water partition coefficient (Wildman–Crippen LogP) is 1.04. The molecule has 0 aliphatic heterocycles. The molecule has 0 aliphatic carbocycles. The second kappa shape index (κ2) is 2.80. The molecule has 0 radical (unpaired) electrons. The first-order valence-electron chi connectivity index (χ1n) is 4.14. The highest BCUT2D eigenvalue weighted by molar-refractivity contribution is 5.88. The van der Waals surface area contributed by atoms with E-state index in [1.165, 1.54) is 6.20 Å².